The lowest BCUT2D eigenvalue weighted by atomic mass is 10.3. The number of hydrogen-bond acceptors (Lipinski definition) is 4. The van der Waals surface area contributed by atoms with Crippen LogP contribution < -0.4 is 4.74 Å². The van der Waals surface area contributed by atoms with Crippen LogP contribution in [-0.4, -0.2) is 67.4 Å². The van der Waals surface area contributed by atoms with Crippen LogP contribution in [0.4, 0.5) is 4.39 Å². The van der Waals surface area contributed by atoms with Crippen LogP contribution in [0.2, 0.25) is 0 Å². The molecule has 6 heteroatoms. The molecule has 1 aromatic rings. The monoisotopic (exact) mass is 304 g/mol. The van der Waals surface area contributed by atoms with Crippen molar-refractivity contribution in [3.8, 4) is 5.75 Å². The molecule has 0 bridgehead atoms. The van der Waals surface area contributed by atoms with Gasteiger partial charge in [-0.05, 0) is 31.3 Å². The Morgan fingerprint density at radius 2 is 1.80 bits per heavy atom. The van der Waals surface area contributed by atoms with E-state index in [-0.39, 0.29) is 24.8 Å². The lowest BCUT2D eigenvalue weighted by molar-refractivity contribution is 0.0504. The van der Waals surface area contributed by atoms with Gasteiger partial charge < -0.3 is 14.7 Å². The number of β-amino-alcohol motifs (C(OH)–C–C–N with tert-alkyl or cyclic N) is 1. The van der Waals surface area contributed by atoms with Crippen molar-refractivity contribution in [2.75, 3.05) is 46.4 Å². The lowest BCUT2D eigenvalue weighted by Gasteiger charge is -2.33. The summed E-state index contributed by atoms with van der Waals surface area (Å²) in [5.41, 5.74) is 0. The number of aliphatic hydroxyl groups is 1. The maximum Gasteiger partial charge on any atom is 0.123 e. The van der Waals surface area contributed by atoms with Crippen molar-refractivity contribution in [2.24, 2.45) is 0 Å². The topological polar surface area (TPSA) is 35.9 Å². The fourth-order valence-electron chi connectivity index (χ4n) is 2.10. The first-order valence-electron chi connectivity index (χ1n) is 6.61. The summed E-state index contributed by atoms with van der Waals surface area (Å²) < 4.78 is 18.1. The molecule has 1 N–H and O–H groups in total. The highest BCUT2D eigenvalue weighted by molar-refractivity contribution is 5.85. The zero-order valence-corrected chi connectivity index (χ0v) is 12.5. The van der Waals surface area contributed by atoms with Crippen LogP contribution in [0.1, 0.15) is 0 Å². The normalized spacial score (nSPS) is 18.4. The van der Waals surface area contributed by atoms with Gasteiger partial charge in [0.25, 0.3) is 0 Å². The van der Waals surface area contributed by atoms with Crippen LogP contribution in [0, 0.1) is 5.82 Å². The molecule has 1 heterocycles. The lowest BCUT2D eigenvalue weighted by Crippen LogP contribution is -2.47. The molecule has 1 unspecified atom stereocenters. The third-order valence-corrected chi connectivity index (χ3v) is 3.32. The van der Waals surface area contributed by atoms with E-state index in [1.807, 2.05) is 0 Å². The summed E-state index contributed by atoms with van der Waals surface area (Å²) in [5.74, 6) is 0.296. The number of nitrogens with zero attached hydrogens (tertiary/aromatic N) is 2. The molecule has 0 saturated carbocycles. The number of benzene rings is 1. The van der Waals surface area contributed by atoms with E-state index in [1.165, 1.54) is 12.1 Å². The number of likely N-dealkylation sites (N-methyl/N-ethyl adjacent to an activating group) is 1. The van der Waals surface area contributed by atoms with Crippen molar-refractivity contribution >= 4 is 12.4 Å². The summed E-state index contributed by atoms with van der Waals surface area (Å²) in [6, 6.07) is 5.83. The van der Waals surface area contributed by atoms with E-state index >= 15 is 0 Å². The van der Waals surface area contributed by atoms with E-state index in [0.717, 1.165) is 26.2 Å². The zero-order valence-electron chi connectivity index (χ0n) is 11.7. The van der Waals surface area contributed by atoms with Crippen LogP contribution in [0.25, 0.3) is 0 Å². The summed E-state index contributed by atoms with van der Waals surface area (Å²) in [5, 5.41) is 9.93. The fourth-order valence-corrected chi connectivity index (χ4v) is 2.10. The highest BCUT2D eigenvalue weighted by Gasteiger charge is 2.17. The number of aliphatic hydroxyl groups excluding tert-OH is 1. The van der Waals surface area contributed by atoms with Crippen molar-refractivity contribution in [1.82, 2.24) is 9.80 Å². The fraction of sp³-hybridized carbons (Fsp3) is 0.571. The zero-order chi connectivity index (χ0) is 13.7. The second-order valence-corrected chi connectivity index (χ2v) is 5.02. The standard InChI is InChI=1S/C14H21FN2O2.ClH/c1-16-6-8-17(9-7-16)10-13(18)11-19-14-4-2-12(15)3-5-14;/h2-5,13,18H,6-11H2,1H3;1H. The van der Waals surface area contributed by atoms with Gasteiger partial charge in [-0.2, -0.15) is 0 Å². The largest absolute Gasteiger partial charge is 0.491 e. The Hall–Kier alpha value is -0.880. The molecule has 0 radical (unpaired) electrons. The van der Waals surface area contributed by atoms with Crippen molar-refractivity contribution in [3.63, 3.8) is 0 Å². The van der Waals surface area contributed by atoms with Gasteiger partial charge in [-0.3, -0.25) is 4.90 Å². The molecule has 1 atom stereocenters. The Labute approximate surface area is 125 Å². The number of rotatable bonds is 5. The molecule has 0 aliphatic carbocycles. The maximum atomic E-state index is 12.7. The Balaban J connectivity index is 0.00000200. The van der Waals surface area contributed by atoms with Gasteiger partial charge >= 0.3 is 0 Å². The third kappa shape index (κ3) is 5.63. The van der Waals surface area contributed by atoms with Crippen molar-refractivity contribution in [1.29, 1.82) is 0 Å². The average Bonchev–Trinajstić information content (AvgIpc) is 2.41. The summed E-state index contributed by atoms with van der Waals surface area (Å²) in [7, 11) is 2.10. The molecule has 1 aliphatic heterocycles. The quantitative estimate of drug-likeness (QED) is 0.888. The SMILES string of the molecule is CN1CCN(CC(O)COc2ccc(F)cc2)CC1.Cl. The molecule has 1 saturated heterocycles. The van der Waals surface area contributed by atoms with E-state index in [2.05, 4.69) is 16.8 Å². The summed E-state index contributed by atoms with van der Waals surface area (Å²) >= 11 is 0. The molecule has 114 valence electrons. The highest BCUT2D eigenvalue weighted by Crippen LogP contribution is 2.11. The van der Waals surface area contributed by atoms with Crippen LogP contribution in [0.15, 0.2) is 24.3 Å². The van der Waals surface area contributed by atoms with Gasteiger partial charge in [-0.1, -0.05) is 0 Å². The molecule has 4 nitrogen and oxygen atoms in total. The number of ether oxygens (including phenoxy) is 1. The van der Waals surface area contributed by atoms with E-state index in [1.54, 1.807) is 12.1 Å². The van der Waals surface area contributed by atoms with Crippen LogP contribution >= 0.6 is 12.4 Å². The van der Waals surface area contributed by atoms with E-state index < -0.39 is 6.10 Å². The molecule has 1 aliphatic rings. The van der Waals surface area contributed by atoms with Gasteiger partial charge in [0.05, 0.1) is 0 Å². The number of piperazine rings is 1. The second-order valence-electron chi connectivity index (χ2n) is 5.02. The Morgan fingerprint density at radius 3 is 2.40 bits per heavy atom. The van der Waals surface area contributed by atoms with Crippen LogP contribution in [0.5, 0.6) is 5.75 Å². The predicted octanol–water partition coefficient (Wildman–Crippen LogP) is 1.23. The van der Waals surface area contributed by atoms with E-state index in [4.69, 9.17) is 4.74 Å². The first kappa shape index (κ1) is 17.2. The summed E-state index contributed by atoms with van der Waals surface area (Å²) in [4.78, 5) is 4.51. The minimum atomic E-state index is -0.520. The van der Waals surface area contributed by atoms with Crippen molar-refractivity contribution in [2.45, 2.75) is 6.10 Å². The second kappa shape index (κ2) is 8.42. The Bertz CT molecular complexity index is 383. The van der Waals surface area contributed by atoms with E-state index in [0.29, 0.717) is 12.3 Å². The van der Waals surface area contributed by atoms with Gasteiger partial charge in [0.2, 0.25) is 0 Å². The van der Waals surface area contributed by atoms with Gasteiger partial charge in [0.15, 0.2) is 0 Å². The van der Waals surface area contributed by atoms with Crippen molar-refractivity contribution < 1.29 is 14.2 Å². The molecule has 2 rings (SSSR count). The minimum absolute atomic E-state index is 0. The number of halogens is 2. The summed E-state index contributed by atoms with van der Waals surface area (Å²) in [6.45, 7) is 4.87. The third-order valence-electron chi connectivity index (χ3n) is 3.32. The van der Waals surface area contributed by atoms with Crippen molar-refractivity contribution in [3.05, 3.63) is 30.1 Å². The molecule has 0 amide bonds. The van der Waals surface area contributed by atoms with Gasteiger partial charge in [-0.15, -0.1) is 12.4 Å². The highest BCUT2D eigenvalue weighted by atomic mass is 35.5. The Morgan fingerprint density at radius 1 is 1.20 bits per heavy atom. The molecular weight excluding hydrogens is 283 g/mol. The first-order valence-corrected chi connectivity index (χ1v) is 6.61. The smallest absolute Gasteiger partial charge is 0.123 e. The van der Waals surface area contributed by atoms with Crippen LogP contribution in [0.3, 0.4) is 0 Å². The molecule has 20 heavy (non-hydrogen) atoms. The maximum absolute atomic E-state index is 12.7. The van der Waals surface area contributed by atoms with Crippen LogP contribution in [-0.2, 0) is 0 Å². The Kier molecular flexibility index (Phi) is 7.23. The summed E-state index contributed by atoms with van der Waals surface area (Å²) in [6.07, 6.45) is -0.520. The number of hydrogen-bond donors (Lipinski definition) is 1. The molecule has 1 fully saturated rings. The predicted molar refractivity (Wildman–Crippen MR) is 79.1 cm³/mol. The van der Waals surface area contributed by atoms with Gasteiger partial charge in [-0.25, -0.2) is 4.39 Å². The minimum Gasteiger partial charge on any atom is -0.491 e. The van der Waals surface area contributed by atoms with Gasteiger partial charge in [0.1, 0.15) is 24.3 Å². The average molecular weight is 305 g/mol. The van der Waals surface area contributed by atoms with Gasteiger partial charge in [0, 0.05) is 32.7 Å². The van der Waals surface area contributed by atoms with E-state index in [9.17, 15) is 9.50 Å². The molecular formula is C14H22ClFN2O2. The first-order chi connectivity index (χ1) is 9.13. The molecule has 1 aromatic carbocycles. The molecule has 0 aromatic heterocycles. The molecule has 0 spiro atoms.